The van der Waals surface area contributed by atoms with Crippen LogP contribution in [0.4, 0.5) is 0 Å². The third-order valence-corrected chi connectivity index (χ3v) is 6.09. The Hall–Kier alpha value is -4.46. The Labute approximate surface area is 209 Å². The molecule has 1 saturated heterocycles. The lowest BCUT2D eigenvalue weighted by molar-refractivity contribution is -0.140. The fraction of sp³-hybridized carbons (Fsp3) is 0.214. The Kier molecular flexibility index (Phi) is 7.15. The van der Waals surface area contributed by atoms with E-state index in [0.29, 0.717) is 34.1 Å². The predicted molar refractivity (Wildman–Crippen MR) is 133 cm³/mol. The normalized spacial score (nSPS) is 16.7. The van der Waals surface area contributed by atoms with Crippen LogP contribution in [0.5, 0.6) is 23.0 Å². The number of amides is 1. The van der Waals surface area contributed by atoms with E-state index in [0.717, 1.165) is 5.56 Å². The minimum Gasteiger partial charge on any atom is -0.507 e. The van der Waals surface area contributed by atoms with Crippen LogP contribution in [-0.2, 0) is 16.1 Å². The summed E-state index contributed by atoms with van der Waals surface area (Å²) in [6.07, 6.45) is 0. The lowest BCUT2D eigenvalue weighted by Gasteiger charge is -2.26. The number of hydrogen-bond acceptors (Lipinski definition) is 7. The molecule has 0 saturated carbocycles. The number of nitrogens with zero attached hydrogens (tertiary/aromatic N) is 1. The molecular formula is C28H27NO7. The predicted octanol–water partition coefficient (Wildman–Crippen LogP) is 4.34. The number of methoxy groups -OCH3 is 4. The van der Waals surface area contributed by atoms with Gasteiger partial charge in [-0.05, 0) is 47.5 Å². The van der Waals surface area contributed by atoms with E-state index in [1.165, 1.54) is 33.3 Å². The quantitative estimate of drug-likeness (QED) is 0.286. The summed E-state index contributed by atoms with van der Waals surface area (Å²) in [7, 11) is 6.11. The van der Waals surface area contributed by atoms with Crippen LogP contribution in [0.25, 0.3) is 5.76 Å². The zero-order chi connectivity index (χ0) is 25.8. The lowest BCUT2D eigenvalue weighted by Crippen LogP contribution is -2.29. The highest BCUT2D eigenvalue weighted by molar-refractivity contribution is 6.46. The van der Waals surface area contributed by atoms with Crippen LogP contribution in [-0.4, -0.2) is 50.1 Å². The van der Waals surface area contributed by atoms with Gasteiger partial charge in [-0.25, -0.2) is 0 Å². The molecule has 0 bridgehead atoms. The van der Waals surface area contributed by atoms with Crippen molar-refractivity contribution in [3.05, 3.63) is 89.0 Å². The molecule has 1 aliphatic heterocycles. The smallest absolute Gasteiger partial charge is 0.295 e. The van der Waals surface area contributed by atoms with Crippen molar-refractivity contribution in [2.24, 2.45) is 0 Å². The van der Waals surface area contributed by atoms with Gasteiger partial charge in [0, 0.05) is 12.1 Å². The molecule has 186 valence electrons. The monoisotopic (exact) mass is 489 g/mol. The standard InChI is InChI=1S/C28H27NO7/c1-33-20-9-5-7-18(14-20)25-24(26(30)19-8-6-10-21(15-19)34-2)27(31)28(32)29(25)16-17-11-12-22(35-3)23(13-17)36-4/h5-15,25,30H,16H2,1-4H3/b26-24+. The largest absolute Gasteiger partial charge is 0.507 e. The number of aliphatic hydroxyl groups excluding tert-OH is 1. The molecule has 4 rings (SSSR count). The third kappa shape index (κ3) is 4.57. The first-order chi connectivity index (χ1) is 17.4. The molecule has 3 aromatic carbocycles. The molecule has 1 unspecified atom stereocenters. The van der Waals surface area contributed by atoms with E-state index in [1.807, 2.05) is 0 Å². The van der Waals surface area contributed by atoms with Gasteiger partial charge in [-0.15, -0.1) is 0 Å². The molecule has 3 aromatic rings. The number of likely N-dealkylation sites (tertiary alicyclic amines) is 1. The Balaban J connectivity index is 1.86. The highest BCUT2D eigenvalue weighted by Gasteiger charge is 2.46. The van der Waals surface area contributed by atoms with Crippen molar-refractivity contribution >= 4 is 17.4 Å². The summed E-state index contributed by atoms with van der Waals surface area (Å²) < 4.78 is 21.3. The van der Waals surface area contributed by atoms with Crippen molar-refractivity contribution in [1.82, 2.24) is 4.90 Å². The van der Waals surface area contributed by atoms with Crippen LogP contribution in [0.1, 0.15) is 22.7 Å². The minimum absolute atomic E-state index is 0.0121. The zero-order valence-corrected chi connectivity index (χ0v) is 20.5. The van der Waals surface area contributed by atoms with Gasteiger partial charge in [-0.3, -0.25) is 9.59 Å². The van der Waals surface area contributed by atoms with Crippen molar-refractivity contribution in [1.29, 1.82) is 0 Å². The van der Waals surface area contributed by atoms with E-state index in [9.17, 15) is 14.7 Å². The number of Topliss-reactive ketones (excluding diaryl/α,β-unsaturated/α-hetero) is 1. The zero-order valence-electron chi connectivity index (χ0n) is 20.5. The van der Waals surface area contributed by atoms with Gasteiger partial charge < -0.3 is 29.0 Å². The van der Waals surface area contributed by atoms with Crippen molar-refractivity contribution in [2.75, 3.05) is 28.4 Å². The number of rotatable bonds is 8. The summed E-state index contributed by atoms with van der Waals surface area (Å²) in [5.41, 5.74) is 1.70. The summed E-state index contributed by atoms with van der Waals surface area (Å²) in [5, 5.41) is 11.3. The molecule has 1 fully saturated rings. The van der Waals surface area contributed by atoms with Crippen LogP contribution in [0.2, 0.25) is 0 Å². The number of carbonyl (C=O) groups excluding carboxylic acids is 2. The molecule has 0 aliphatic carbocycles. The van der Waals surface area contributed by atoms with Gasteiger partial charge in [-0.1, -0.05) is 30.3 Å². The van der Waals surface area contributed by atoms with Gasteiger partial charge in [0.2, 0.25) is 0 Å². The first-order valence-corrected chi connectivity index (χ1v) is 11.2. The van der Waals surface area contributed by atoms with Crippen molar-refractivity contribution in [2.45, 2.75) is 12.6 Å². The Morgan fingerprint density at radius 1 is 0.806 bits per heavy atom. The van der Waals surface area contributed by atoms with Gasteiger partial charge in [0.05, 0.1) is 40.1 Å². The molecule has 0 spiro atoms. The van der Waals surface area contributed by atoms with Gasteiger partial charge in [0.15, 0.2) is 11.5 Å². The highest BCUT2D eigenvalue weighted by atomic mass is 16.5. The number of aliphatic hydroxyl groups is 1. The molecule has 1 atom stereocenters. The fourth-order valence-corrected chi connectivity index (χ4v) is 4.30. The second kappa shape index (κ2) is 10.4. The summed E-state index contributed by atoms with van der Waals surface area (Å²) in [5.74, 6) is 0.342. The first-order valence-electron chi connectivity index (χ1n) is 11.2. The Morgan fingerprint density at radius 3 is 2.14 bits per heavy atom. The maximum absolute atomic E-state index is 13.3. The van der Waals surface area contributed by atoms with Gasteiger partial charge in [0.1, 0.15) is 17.3 Å². The molecule has 36 heavy (non-hydrogen) atoms. The average Bonchev–Trinajstić information content (AvgIpc) is 3.17. The number of ether oxygens (including phenoxy) is 4. The van der Waals surface area contributed by atoms with Crippen molar-refractivity contribution in [3.8, 4) is 23.0 Å². The van der Waals surface area contributed by atoms with Crippen LogP contribution < -0.4 is 18.9 Å². The SMILES string of the molecule is COc1cccc(/C(O)=C2\C(=O)C(=O)N(Cc3ccc(OC)c(OC)c3)C2c2cccc(OC)c2)c1. The number of benzene rings is 3. The average molecular weight is 490 g/mol. The molecule has 0 radical (unpaired) electrons. The molecule has 1 heterocycles. The number of ketones is 1. The summed E-state index contributed by atoms with van der Waals surface area (Å²) in [4.78, 5) is 28.1. The molecule has 1 aliphatic rings. The van der Waals surface area contributed by atoms with E-state index in [1.54, 1.807) is 66.7 Å². The van der Waals surface area contributed by atoms with E-state index >= 15 is 0 Å². The lowest BCUT2D eigenvalue weighted by atomic mass is 9.95. The molecule has 0 aromatic heterocycles. The molecule has 8 heteroatoms. The minimum atomic E-state index is -0.848. The third-order valence-electron chi connectivity index (χ3n) is 6.09. The first kappa shape index (κ1) is 24.7. The van der Waals surface area contributed by atoms with Crippen LogP contribution in [0, 0.1) is 0 Å². The molecule has 1 N–H and O–H groups in total. The van der Waals surface area contributed by atoms with Crippen molar-refractivity contribution in [3.63, 3.8) is 0 Å². The maximum atomic E-state index is 13.3. The van der Waals surface area contributed by atoms with Crippen LogP contribution in [0.15, 0.2) is 72.3 Å². The second-order valence-corrected chi connectivity index (χ2v) is 8.12. The Bertz CT molecular complexity index is 1330. The van der Waals surface area contributed by atoms with Gasteiger partial charge >= 0.3 is 0 Å². The van der Waals surface area contributed by atoms with E-state index < -0.39 is 17.7 Å². The fourth-order valence-electron chi connectivity index (χ4n) is 4.30. The molecule has 8 nitrogen and oxygen atoms in total. The van der Waals surface area contributed by atoms with Crippen molar-refractivity contribution < 1.29 is 33.6 Å². The highest BCUT2D eigenvalue weighted by Crippen LogP contribution is 2.42. The second-order valence-electron chi connectivity index (χ2n) is 8.12. The van der Waals surface area contributed by atoms with E-state index in [4.69, 9.17) is 18.9 Å². The number of hydrogen-bond donors (Lipinski definition) is 1. The van der Waals surface area contributed by atoms with E-state index in [-0.39, 0.29) is 17.9 Å². The van der Waals surface area contributed by atoms with Crippen LogP contribution in [0.3, 0.4) is 0 Å². The summed E-state index contributed by atoms with van der Waals surface area (Å²) >= 11 is 0. The molecular weight excluding hydrogens is 462 g/mol. The van der Waals surface area contributed by atoms with Gasteiger partial charge in [-0.2, -0.15) is 0 Å². The van der Waals surface area contributed by atoms with E-state index in [2.05, 4.69) is 0 Å². The summed E-state index contributed by atoms with van der Waals surface area (Å²) in [6, 6.07) is 18.2. The molecule has 1 amide bonds. The van der Waals surface area contributed by atoms with Gasteiger partial charge in [0.25, 0.3) is 11.7 Å². The maximum Gasteiger partial charge on any atom is 0.295 e. The topological polar surface area (TPSA) is 94.5 Å². The van der Waals surface area contributed by atoms with Crippen LogP contribution >= 0.6 is 0 Å². The summed E-state index contributed by atoms with van der Waals surface area (Å²) in [6.45, 7) is 0.0989. The number of carbonyl (C=O) groups is 2. The Morgan fingerprint density at radius 2 is 1.47 bits per heavy atom.